The van der Waals surface area contributed by atoms with E-state index in [1.807, 2.05) is 0 Å². The van der Waals surface area contributed by atoms with E-state index in [1.165, 1.54) is 6.07 Å². The van der Waals surface area contributed by atoms with Crippen molar-refractivity contribution in [3.05, 3.63) is 27.2 Å². The van der Waals surface area contributed by atoms with Gasteiger partial charge < -0.3 is 0 Å². The maximum atomic E-state index is 11.0. The molecule has 0 aliphatic rings. The third-order valence-corrected chi connectivity index (χ3v) is 3.82. The minimum atomic E-state index is -3.72. The zero-order valence-electron chi connectivity index (χ0n) is 6.51. The molecule has 0 saturated heterocycles. The molecule has 1 aromatic carbocycles. The lowest BCUT2D eigenvalue weighted by molar-refractivity contribution is 0.609. The van der Waals surface area contributed by atoms with Crippen LogP contribution in [0, 0.1) is 6.92 Å². The third-order valence-electron chi connectivity index (χ3n) is 1.52. The second kappa shape index (κ2) is 3.77. The van der Waals surface area contributed by atoms with E-state index in [1.54, 1.807) is 13.0 Å². The third kappa shape index (κ3) is 2.59. The van der Waals surface area contributed by atoms with Crippen LogP contribution in [0.1, 0.15) is 5.56 Å². The normalized spacial score (nSPS) is 11.7. The predicted molar refractivity (Wildman–Crippen MR) is 56.9 cm³/mol. The highest BCUT2D eigenvalue weighted by molar-refractivity contribution is 9.10. The number of benzene rings is 1. The van der Waals surface area contributed by atoms with Crippen molar-refractivity contribution in [2.24, 2.45) is 0 Å². The summed E-state index contributed by atoms with van der Waals surface area (Å²) in [5.74, 6) is 0. The summed E-state index contributed by atoms with van der Waals surface area (Å²) < 4.78 is 22.7. The van der Waals surface area contributed by atoms with E-state index in [0.717, 1.165) is 0 Å². The molecule has 0 atom stereocenters. The minimum absolute atomic E-state index is 0.0357. The predicted octanol–water partition coefficient (Wildman–Crippen LogP) is 3.34. The quantitative estimate of drug-likeness (QED) is 0.746. The maximum Gasteiger partial charge on any atom is 0.261 e. The molecule has 72 valence electrons. The molecule has 0 aromatic heterocycles. The van der Waals surface area contributed by atoms with Crippen LogP contribution < -0.4 is 0 Å². The SMILES string of the molecule is Cc1c(Cl)cc(Br)cc1S(=O)(=O)Cl. The van der Waals surface area contributed by atoms with E-state index in [2.05, 4.69) is 15.9 Å². The Kier molecular flexibility index (Phi) is 3.28. The molecule has 2 nitrogen and oxygen atoms in total. The lowest BCUT2D eigenvalue weighted by atomic mass is 10.2. The van der Waals surface area contributed by atoms with E-state index >= 15 is 0 Å². The van der Waals surface area contributed by atoms with Crippen LogP contribution in [0.4, 0.5) is 0 Å². The molecule has 0 saturated carbocycles. The van der Waals surface area contributed by atoms with Gasteiger partial charge in [-0.2, -0.15) is 0 Å². The monoisotopic (exact) mass is 302 g/mol. The van der Waals surface area contributed by atoms with E-state index in [0.29, 0.717) is 15.1 Å². The van der Waals surface area contributed by atoms with E-state index in [4.69, 9.17) is 22.3 Å². The molecule has 1 aromatic rings. The van der Waals surface area contributed by atoms with E-state index in [-0.39, 0.29) is 4.90 Å². The second-order valence-electron chi connectivity index (χ2n) is 2.45. The van der Waals surface area contributed by atoms with Crippen LogP contribution in [0.5, 0.6) is 0 Å². The van der Waals surface area contributed by atoms with E-state index < -0.39 is 9.05 Å². The van der Waals surface area contributed by atoms with Gasteiger partial charge in [-0.3, -0.25) is 0 Å². The summed E-state index contributed by atoms with van der Waals surface area (Å²) in [6, 6.07) is 3.03. The molecule has 6 heteroatoms. The molecule has 13 heavy (non-hydrogen) atoms. The van der Waals surface area contributed by atoms with Gasteiger partial charge in [0.1, 0.15) is 0 Å². The van der Waals surface area contributed by atoms with Gasteiger partial charge in [0.2, 0.25) is 0 Å². The van der Waals surface area contributed by atoms with Crippen LogP contribution in [0.2, 0.25) is 5.02 Å². The molecule has 0 radical (unpaired) electrons. The zero-order chi connectivity index (χ0) is 10.2. The molecule has 0 N–H and O–H groups in total. The molecule has 0 spiro atoms. The zero-order valence-corrected chi connectivity index (χ0v) is 10.4. The first-order valence-corrected chi connectivity index (χ1v) is 6.70. The highest BCUT2D eigenvalue weighted by Gasteiger charge is 2.16. The molecule has 1 rings (SSSR count). The Balaban J connectivity index is 3.56. The highest BCUT2D eigenvalue weighted by atomic mass is 79.9. The van der Waals surface area contributed by atoms with Gasteiger partial charge >= 0.3 is 0 Å². The largest absolute Gasteiger partial charge is 0.261 e. The summed E-state index contributed by atoms with van der Waals surface area (Å²) in [4.78, 5) is 0.0357. The van der Waals surface area contributed by atoms with Crippen molar-refractivity contribution in [3.8, 4) is 0 Å². The first-order valence-electron chi connectivity index (χ1n) is 3.22. The summed E-state index contributed by atoms with van der Waals surface area (Å²) in [5.41, 5.74) is 0.458. The van der Waals surface area contributed by atoms with E-state index in [9.17, 15) is 8.42 Å². The average molecular weight is 304 g/mol. The maximum absolute atomic E-state index is 11.0. The van der Waals surface area contributed by atoms with Gasteiger partial charge in [-0.05, 0) is 24.6 Å². The fourth-order valence-electron chi connectivity index (χ4n) is 0.875. The topological polar surface area (TPSA) is 34.1 Å². The molecule has 0 amide bonds. The molecular weight excluding hydrogens is 299 g/mol. The molecule has 0 aliphatic carbocycles. The molecule has 0 aliphatic heterocycles. The van der Waals surface area contributed by atoms with Crippen molar-refractivity contribution in [1.82, 2.24) is 0 Å². The summed E-state index contributed by atoms with van der Waals surface area (Å²) in [7, 11) is 1.48. The van der Waals surface area contributed by atoms with Gasteiger partial charge in [0.25, 0.3) is 9.05 Å². The number of halogens is 3. The Morgan fingerprint density at radius 2 is 1.92 bits per heavy atom. The van der Waals surface area contributed by atoms with Gasteiger partial charge in [0.15, 0.2) is 0 Å². The van der Waals surface area contributed by atoms with Crippen LogP contribution in [0.15, 0.2) is 21.5 Å². The van der Waals surface area contributed by atoms with Crippen LogP contribution in [0.25, 0.3) is 0 Å². The Labute approximate surface area is 94.4 Å². The van der Waals surface area contributed by atoms with Gasteiger partial charge in [-0.1, -0.05) is 27.5 Å². The highest BCUT2D eigenvalue weighted by Crippen LogP contribution is 2.29. The van der Waals surface area contributed by atoms with Crippen molar-refractivity contribution in [3.63, 3.8) is 0 Å². The fourth-order valence-corrected chi connectivity index (χ4v) is 3.12. The number of hydrogen-bond donors (Lipinski definition) is 0. The number of rotatable bonds is 1. The standard InChI is InChI=1S/C7H5BrCl2O2S/c1-4-6(9)2-5(8)3-7(4)13(10,11)12/h2-3H,1H3. The summed E-state index contributed by atoms with van der Waals surface area (Å²) >= 11 is 8.90. The Hall–Kier alpha value is 0.230. The van der Waals surface area contributed by atoms with Gasteiger partial charge in [-0.25, -0.2) is 8.42 Å². The van der Waals surface area contributed by atoms with Crippen molar-refractivity contribution < 1.29 is 8.42 Å². The molecular formula is C7H5BrCl2O2S. The fraction of sp³-hybridized carbons (Fsp3) is 0.143. The summed E-state index contributed by atoms with van der Waals surface area (Å²) in [6.45, 7) is 1.60. The molecule has 0 fully saturated rings. The lowest BCUT2D eigenvalue weighted by Crippen LogP contribution is -1.95. The van der Waals surface area contributed by atoms with Gasteiger partial charge in [0, 0.05) is 20.2 Å². The van der Waals surface area contributed by atoms with Crippen molar-refractivity contribution in [2.75, 3.05) is 0 Å². The smallest absolute Gasteiger partial charge is 0.207 e. The first kappa shape index (κ1) is 11.3. The second-order valence-corrected chi connectivity index (χ2v) is 6.31. The van der Waals surface area contributed by atoms with Crippen LogP contribution in [-0.2, 0) is 9.05 Å². The minimum Gasteiger partial charge on any atom is -0.207 e. The summed E-state index contributed by atoms with van der Waals surface area (Å²) in [5, 5.41) is 0.369. The Morgan fingerprint density at radius 1 is 1.38 bits per heavy atom. The summed E-state index contributed by atoms with van der Waals surface area (Å²) in [6.07, 6.45) is 0. The van der Waals surface area contributed by atoms with Crippen LogP contribution in [-0.4, -0.2) is 8.42 Å². The lowest BCUT2D eigenvalue weighted by Gasteiger charge is -2.04. The molecule has 0 bridgehead atoms. The van der Waals surface area contributed by atoms with Gasteiger partial charge in [0.05, 0.1) is 4.90 Å². The average Bonchev–Trinajstić information content (AvgIpc) is 1.94. The van der Waals surface area contributed by atoms with Crippen molar-refractivity contribution in [2.45, 2.75) is 11.8 Å². The van der Waals surface area contributed by atoms with Crippen molar-refractivity contribution >= 4 is 47.3 Å². The Morgan fingerprint density at radius 3 is 2.38 bits per heavy atom. The van der Waals surface area contributed by atoms with Gasteiger partial charge in [-0.15, -0.1) is 0 Å². The molecule has 0 unspecified atom stereocenters. The number of hydrogen-bond acceptors (Lipinski definition) is 2. The molecule has 0 heterocycles. The van der Waals surface area contributed by atoms with Crippen LogP contribution >= 0.6 is 38.2 Å². The van der Waals surface area contributed by atoms with Crippen molar-refractivity contribution in [1.29, 1.82) is 0 Å². The first-order chi connectivity index (χ1) is 5.82. The van der Waals surface area contributed by atoms with Crippen LogP contribution in [0.3, 0.4) is 0 Å². The Bertz CT molecular complexity index is 442.